The maximum Gasteiger partial charge on any atom is 0.248 e. The van der Waals surface area contributed by atoms with Crippen molar-refractivity contribution >= 4 is 5.91 Å². The third-order valence-corrected chi connectivity index (χ3v) is 4.62. The Balaban J connectivity index is 1.66. The SMILES string of the molecule is CCN1CCC(NC2CCN(C(=O)COC)CC2)CC1. The first-order valence-electron chi connectivity index (χ1n) is 7.98. The second-order valence-electron chi connectivity index (χ2n) is 5.96. The Hall–Kier alpha value is -0.650. The average molecular weight is 283 g/mol. The molecule has 0 bridgehead atoms. The maximum atomic E-state index is 11.7. The van der Waals surface area contributed by atoms with E-state index in [0.29, 0.717) is 12.1 Å². The molecule has 5 heteroatoms. The molecule has 2 fully saturated rings. The van der Waals surface area contributed by atoms with Gasteiger partial charge in [0.1, 0.15) is 6.61 Å². The van der Waals surface area contributed by atoms with Gasteiger partial charge < -0.3 is 19.9 Å². The van der Waals surface area contributed by atoms with Crippen LogP contribution in [0.15, 0.2) is 0 Å². The van der Waals surface area contributed by atoms with Crippen LogP contribution in [0.2, 0.25) is 0 Å². The van der Waals surface area contributed by atoms with Crippen molar-refractivity contribution in [2.24, 2.45) is 0 Å². The van der Waals surface area contributed by atoms with E-state index in [0.717, 1.165) is 25.9 Å². The summed E-state index contributed by atoms with van der Waals surface area (Å²) in [6.45, 7) is 7.81. The summed E-state index contributed by atoms with van der Waals surface area (Å²) >= 11 is 0. The standard InChI is InChI=1S/C15H29N3O2/c1-3-17-8-4-13(5-9-17)16-14-6-10-18(11-7-14)15(19)12-20-2/h13-14,16H,3-12H2,1-2H3. The minimum atomic E-state index is 0.127. The van der Waals surface area contributed by atoms with Gasteiger partial charge in [0.2, 0.25) is 5.91 Å². The molecule has 116 valence electrons. The second kappa shape index (κ2) is 7.96. The van der Waals surface area contributed by atoms with Gasteiger partial charge >= 0.3 is 0 Å². The normalized spacial score (nSPS) is 23.2. The number of ether oxygens (including phenoxy) is 1. The van der Waals surface area contributed by atoms with Crippen LogP contribution >= 0.6 is 0 Å². The number of nitrogens with one attached hydrogen (secondary N) is 1. The average Bonchev–Trinajstić information content (AvgIpc) is 2.49. The Bertz CT molecular complexity index is 295. The molecule has 0 aliphatic carbocycles. The lowest BCUT2D eigenvalue weighted by Gasteiger charge is -2.37. The Kier molecular flexibility index (Phi) is 6.26. The molecule has 0 spiro atoms. The van der Waals surface area contributed by atoms with Crippen molar-refractivity contribution in [1.82, 2.24) is 15.1 Å². The molecule has 2 aliphatic heterocycles. The second-order valence-corrected chi connectivity index (χ2v) is 5.96. The molecule has 2 aliphatic rings. The molecule has 2 saturated heterocycles. The lowest BCUT2D eigenvalue weighted by Crippen LogP contribution is -2.51. The van der Waals surface area contributed by atoms with Crippen LogP contribution in [0.3, 0.4) is 0 Å². The highest BCUT2D eigenvalue weighted by atomic mass is 16.5. The van der Waals surface area contributed by atoms with Gasteiger partial charge in [0, 0.05) is 32.3 Å². The van der Waals surface area contributed by atoms with Gasteiger partial charge in [-0.3, -0.25) is 4.79 Å². The fourth-order valence-corrected chi connectivity index (χ4v) is 3.26. The van der Waals surface area contributed by atoms with Crippen molar-refractivity contribution in [3.63, 3.8) is 0 Å². The van der Waals surface area contributed by atoms with Gasteiger partial charge in [0.15, 0.2) is 0 Å². The van der Waals surface area contributed by atoms with Crippen LogP contribution in [0.1, 0.15) is 32.6 Å². The molecular formula is C15H29N3O2. The van der Waals surface area contributed by atoms with Crippen molar-refractivity contribution in [2.75, 3.05) is 46.4 Å². The van der Waals surface area contributed by atoms with Gasteiger partial charge in [-0.1, -0.05) is 6.92 Å². The van der Waals surface area contributed by atoms with Crippen molar-refractivity contribution in [3.8, 4) is 0 Å². The number of likely N-dealkylation sites (tertiary alicyclic amines) is 2. The number of rotatable bonds is 5. The summed E-state index contributed by atoms with van der Waals surface area (Å²) in [4.78, 5) is 16.2. The highest BCUT2D eigenvalue weighted by molar-refractivity contribution is 5.77. The molecule has 1 amide bonds. The molecule has 0 atom stereocenters. The first-order chi connectivity index (χ1) is 9.72. The number of hydrogen-bond acceptors (Lipinski definition) is 4. The summed E-state index contributed by atoms with van der Waals surface area (Å²) in [7, 11) is 1.58. The van der Waals surface area contributed by atoms with E-state index in [4.69, 9.17) is 4.74 Å². The largest absolute Gasteiger partial charge is 0.375 e. The molecule has 0 saturated carbocycles. The predicted octanol–water partition coefficient (Wildman–Crippen LogP) is 0.698. The van der Waals surface area contributed by atoms with Crippen LogP contribution in [0, 0.1) is 0 Å². The highest BCUT2D eigenvalue weighted by Gasteiger charge is 2.25. The van der Waals surface area contributed by atoms with Gasteiger partial charge in [0.05, 0.1) is 0 Å². The quantitative estimate of drug-likeness (QED) is 0.807. The third kappa shape index (κ3) is 4.43. The van der Waals surface area contributed by atoms with Crippen LogP contribution in [-0.4, -0.2) is 74.2 Å². The first kappa shape index (κ1) is 15.7. The van der Waals surface area contributed by atoms with Crippen LogP contribution in [0.5, 0.6) is 0 Å². The minimum Gasteiger partial charge on any atom is -0.375 e. The summed E-state index contributed by atoms with van der Waals surface area (Å²) in [5.74, 6) is 0.127. The van der Waals surface area contributed by atoms with E-state index in [9.17, 15) is 4.79 Å². The zero-order valence-electron chi connectivity index (χ0n) is 12.9. The number of hydrogen-bond donors (Lipinski definition) is 1. The van der Waals surface area contributed by atoms with Crippen LogP contribution in [-0.2, 0) is 9.53 Å². The Morgan fingerprint density at radius 1 is 1.10 bits per heavy atom. The number of methoxy groups -OCH3 is 1. The van der Waals surface area contributed by atoms with Gasteiger partial charge in [-0.2, -0.15) is 0 Å². The molecule has 5 nitrogen and oxygen atoms in total. The summed E-state index contributed by atoms with van der Waals surface area (Å²) < 4.78 is 4.91. The van der Waals surface area contributed by atoms with E-state index in [1.165, 1.54) is 32.5 Å². The van der Waals surface area contributed by atoms with Crippen LogP contribution in [0.25, 0.3) is 0 Å². The molecule has 0 radical (unpaired) electrons. The van der Waals surface area contributed by atoms with Crippen molar-refractivity contribution in [1.29, 1.82) is 0 Å². The lowest BCUT2D eigenvalue weighted by molar-refractivity contribution is -0.136. The van der Waals surface area contributed by atoms with Crippen LogP contribution < -0.4 is 5.32 Å². The molecule has 0 aromatic rings. The molecule has 0 unspecified atom stereocenters. The number of amides is 1. The summed E-state index contributed by atoms with van der Waals surface area (Å²) in [5.41, 5.74) is 0. The van der Waals surface area contributed by atoms with Crippen LogP contribution in [0.4, 0.5) is 0 Å². The summed E-state index contributed by atoms with van der Waals surface area (Å²) in [5, 5.41) is 3.80. The van der Waals surface area contributed by atoms with Gasteiger partial charge in [-0.15, -0.1) is 0 Å². The monoisotopic (exact) mass is 283 g/mol. The van der Waals surface area contributed by atoms with E-state index in [2.05, 4.69) is 17.1 Å². The highest BCUT2D eigenvalue weighted by Crippen LogP contribution is 2.15. The smallest absolute Gasteiger partial charge is 0.248 e. The predicted molar refractivity (Wildman–Crippen MR) is 79.7 cm³/mol. The number of nitrogens with zero attached hydrogens (tertiary/aromatic N) is 2. The fourth-order valence-electron chi connectivity index (χ4n) is 3.26. The van der Waals surface area contributed by atoms with E-state index in [1.807, 2.05) is 4.90 Å². The Labute approximate surface area is 122 Å². The van der Waals surface area contributed by atoms with E-state index in [1.54, 1.807) is 7.11 Å². The van der Waals surface area contributed by atoms with E-state index >= 15 is 0 Å². The number of piperidine rings is 2. The molecule has 0 aromatic heterocycles. The van der Waals surface area contributed by atoms with Crippen molar-refractivity contribution in [2.45, 2.75) is 44.7 Å². The van der Waals surface area contributed by atoms with Crippen molar-refractivity contribution in [3.05, 3.63) is 0 Å². The zero-order chi connectivity index (χ0) is 14.4. The minimum absolute atomic E-state index is 0.127. The molecule has 2 rings (SSSR count). The van der Waals surface area contributed by atoms with Gasteiger partial charge in [-0.25, -0.2) is 0 Å². The zero-order valence-corrected chi connectivity index (χ0v) is 12.9. The van der Waals surface area contributed by atoms with E-state index in [-0.39, 0.29) is 12.5 Å². The molecule has 1 N–H and O–H groups in total. The van der Waals surface area contributed by atoms with Gasteiger partial charge in [-0.05, 0) is 45.3 Å². The summed E-state index contributed by atoms with van der Waals surface area (Å²) in [6, 6.07) is 1.25. The molecular weight excluding hydrogens is 254 g/mol. The molecule has 20 heavy (non-hydrogen) atoms. The third-order valence-electron chi connectivity index (χ3n) is 4.62. The summed E-state index contributed by atoms with van der Waals surface area (Å²) in [6.07, 6.45) is 4.67. The number of carbonyl (C=O) groups excluding carboxylic acids is 1. The Morgan fingerprint density at radius 3 is 2.15 bits per heavy atom. The fraction of sp³-hybridized carbons (Fsp3) is 0.933. The number of carbonyl (C=O) groups is 1. The van der Waals surface area contributed by atoms with E-state index < -0.39 is 0 Å². The topological polar surface area (TPSA) is 44.8 Å². The van der Waals surface area contributed by atoms with Crippen molar-refractivity contribution < 1.29 is 9.53 Å². The first-order valence-corrected chi connectivity index (χ1v) is 7.98. The Morgan fingerprint density at radius 2 is 1.65 bits per heavy atom. The van der Waals surface area contributed by atoms with Gasteiger partial charge in [0.25, 0.3) is 0 Å². The molecule has 0 aromatic carbocycles. The lowest BCUT2D eigenvalue weighted by atomic mass is 9.99. The molecule has 2 heterocycles. The maximum absolute atomic E-state index is 11.7.